The predicted octanol–water partition coefficient (Wildman–Crippen LogP) is 20.1. The number of esters is 3. The van der Waals surface area contributed by atoms with Crippen molar-refractivity contribution in [2.45, 2.75) is 348 Å². The van der Waals surface area contributed by atoms with Crippen LogP contribution in [-0.4, -0.2) is 37.2 Å². The van der Waals surface area contributed by atoms with Gasteiger partial charge in [0.25, 0.3) is 0 Å². The Morgan fingerprint density at radius 2 is 0.493 bits per heavy atom. The molecule has 0 fully saturated rings. The van der Waals surface area contributed by atoms with Crippen molar-refractivity contribution >= 4 is 17.9 Å². The number of ether oxygens (including phenoxy) is 3. The summed E-state index contributed by atoms with van der Waals surface area (Å²) in [5.74, 6) is -0.849. The maximum absolute atomic E-state index is 12.9. The Kier molecular flexibility index (Phi) is 55.2. The largest absolute Gasteiger partial charge is 0.462 e. The monoisotopic (exact) mass is 945 g/mol. The summed E-state index contributed by atoms with van der Waals surface area (Å²) in [4.78, 5) is 38.2. The second-order valence-corrected chi connectivity index (χ2v) is 20.6. The average molecular weight is 946 g/mol. The maximum Gasteiger partial charge on any atom is 0.306 e. The molecule has 0 aromatic rings. The molecule has 0 heterocycles. The fraction of sp³-hybridized carbons (Fsp3) is 0.918. The van der Waals surface area contributed by atoms with Crippen molar-refractivity contribution in [1.29, 1.82) is 0 Å². The number of carbonyl (C=O) groups is 3. The van der Waals surface area contributed by atoms with Crippen LogP contribution in [0.1, 0.15) is 342 Å². The lowest BCUT2D eigenvalue weighted by atomic mass is 10.0. The summed E-state index contributed by atoms with van der Waals surface area (Å²) in [6.45, 7) is 6.68. The lowest BCUT2D eigenvalue weighted by molar-refractivity contribution is -0.167. The standard InChI is InChI=1S/C61H116O6/c1-4-7-10-13-16-19-22-25-27-28-29-30-31-32-34-36-39-42-45-48-51-54-60(63)66-57-58(56-65-59(62)53-50-47-44-41-38-35-24-21-18-15-12-9-6-3)67-61(64)55-52-49-46-43-40-37-33-26-23-20-17-14-11-8-5-2/h21,24,58H,4-20,22-23,25-57H2,1-3H3/b24-21-. The van der Waals surface area contributed by atoms with Gasteiger partial charge in [0.15, 0.2) is 6.10 Å². The Hall–Kier alpha value is -1.85. The normalized spacial score (nSPS) is 12.0. The molecule has 0 aliphatic heterocycles. The summed E-state index contributed by atoms with van der Waals surface area (Å²) in [6, 6.07) is 0. The number of hydrogen-bond acceptors (Lipinski definition) is 6. The van der Waals surface area contributed by atoms with Crippen LogP contribution in [0.25, 0.3) is 0 Å². The van der Waals surface area contributed by atoms with Gasteiger partial charge in [0, 0.05) is 19.3 Å². The SMILES string of the molecule is CCCCCC/C=C\CCCCCCCC(=O)OCC(COC(=O)CCCCCCCCCCCCCCCCCCCCCCC)OC(=O)CCCCCCCCCCCCCCCCC. The summed E-state index contributed by atoms with van der Waals surface area (Å²) in [5.41, 5.74) is 0. The quantitative estimate of drug-likeness (QED) is 0.0262. The van der Waals surface area contributed by atoms with Gasteiger partial charge in [-0.05, 0) is 44.9 Å². The first-order valence-corrected chi connectivity index (χ1v) is 30.2. The molecule has 0 aromatic heterocycles. The van der Waals surface area contributed by atoms with Crippen molar-refractivity contribution in [3.63, 3.8) is 0 Å². The number of rotatable bonds is 56. The summed E-state index contributed by atoms with van der Waals surface area (Å²) in [5, 5.41) is 0. The van der Waals surface area contributed by atoms with E-state index in [0.717, 1.165) is 64.2 Å². The smallest absolute Gasteiger partial charge is 0.306 e. The van der Waals surface area contributed by atoms with Gasteiger partial charge in [-0.1, -0.05) is 290 Å². The van der Waals surface area contributed by atoms with Crippen LogP contribution in [-0.2, 0) is 28.6 Å². The molecular weight excluding hydrogens is 829 g/mol. The zero-order valence-corrected chi connectivity index (χ0v) is 45.5. The molecule has 0 aliphatic carbocycles. The highest BCUT2D eigenvalue weighted by atomic mass is 16.6. The van der Waals surface area contributed by atoms with Crippen LogP contribution >= 0.6 is 0 Å². The van der Waals surface area contributed by atoms with E-state index in [-0.39, 0.29) is 31.1 Å². The minimum atomic E-state index is -0.767. The molecule has 0 rings (SSSR count). The lowest BCUT2D eigenvalue weighted by Crippen LogP contribution is -2.30. The predicted molar refractivity (Wildman–Crippen MR) is 289 cm³/mol. The first-order chi connectivity index (χ1) is 33.0. The van der Waals surface area contributed by atoms with E-state index in [1.165, 1.54) is 238 Å². The Labute approximate surface area is 418 Å². The van der Waals surface area contributed by atoms with Crippen molar-refractivity contribution in [2.75, 3.05) is 13.2 Å². The Morgan fingerprint density at radius 3 is 0.761 bits per heavy atom. The van der Waals surface area contributed by atoms with E-state index in [0.29, 0.717) is 19.3 Å². The summed E-state index contributed by atoms with van der Waals surface area (Å²) >= 11 is 0. The van der Waals surface area contributed by atoms with Gasteiger partial charge in [0.1, 0.15) is 13.2 Å². The minimum Gasteiger partial charge on any atom is -0.462 e. The molecule has 0 saturated heterocycles. The van der Waals surface area contributed by atoms with Crippen LogP contribution in [0.4, 0.5) is 0 Å². The minimum absolute atomic E-state index is 0.0663. The molecule has 0 spiro atoms. The van der Waals surface area contributed by atoms with Gasteiger partial charge in [-0.15, -0.1) is 0 Å². The van der Waals surface area contributed by atoms with Gasteiger partial charge in [0.05, 0.1) is 0 Å². The number of allylic oxidation sites excluding steroid dienone is 2. The molecule has 0 amide bonds. The third-order valence-corrected chi connectivity index (χ3v) is 13.8. The molecule has 396 valence electrons. The lowest BCUT2D eigenvalue weighted by Gasteiger charge is -2.18. The van der Waals surface area contributed by atoms with Gasteiger partial charge >= 0.3 is 17.9 Å². The second-order valence-electron chi connectivity index (χ2n) is 20.6. The van der Waals surface area contributed by atoms with Gasteiger partial charge in [0.2, 0.25) is 0 Å². The Bertz CT molecular complexity index is 1040. The fourth-order valence-electron chi connectivity index (χ4n) is 9.21. The molecule has 0 N–H and O–H groups in total. The molecule has 6 nitrogen and oxygen atoms in total. The highest BCUT2D eigenvalue weighted by molar-refractivity contribution is 5.71. The molecule has 1 unspecified atom stereocenters. The van der Waals surface area contributed by atoms with E-state index in [2.05, 4.69) is 32.9 Å². The highest BCUT2D eigenvalue weighted by Crippen LogP contribution is 2.18. The van der Waals surface area contributed by atoms with Crippen LogP contribution in [0.2, 0.25) is 0 Å². The van der Waals surface area contributed by atoms with Crippen molar-refractivity contribution in [1.82, 2.24) is 0 Å². The van der Waals surface area contributed by atoms with Crippen LogP contribution < -0.4 is 0 Å². The zero-order chi connectivity index (χ0) is 48.6. The summed E-state index contributed by atoms with van der Waals surface area (Å²) in [7, 11) is 0. The van der Waals surface area contributed by atoms with Crippen molar-refractivity contribution in [3.05, 3.63) is 12.2 Å². The Balaban J connectivity index is 4.25. The van der Waals surface area contributed by atoms with Crippen molar-refractivity contribution in [3.8, 4) is 0 Å². The van der Waals surface area contributed by atoms with E-state index in [1.807, 2.05) is 0 Å². The van der Waals surface area contributed by atoms with Gasteiger partial charge < -0.3 is 14.2 Å². The van der Waals surface area contributed by atoms with Crippen LogP contribution in [0.5, 0.6) is 0 Å². The van der Waals surface area contributed by atoms with Gasteiger partial charge in [-0.2, -0.15) is 0 Å². The first-order valence-electron chi connectivity index (χ1n) is 30.2. The molecule has 6 heteroatoms. The van der Waals surface area contributed by atoms with E-state index in [1.54, 1.807) is 0 Å². The highest BCUT2D eigenvalue weighted by Gasteiger charge is 2.19. The van der Waals surface area contributed by atoms with E-state index in [4.69, 9.17) is 14.2 Å². The summed E-state index contributed by atoms with van der Waals surface area (Å²) < 4.78 is 16.9. The molecule has 0 aromatic carbocycles. The molecule has 0 radical (unpaired) electrons. The van der Waals surface area contributed by atoms with Crippen molar-refractivity contribution in [2.24, 2.45) is 0 Å². The van der Waals surface area contributed by atoms with E-state index < -0.39 is 6.10 Å². The van der Waals surface area contributed by atoms with Crippen molar-refractivity contribution < 1.29 is 28.6 Å². The molecule has 0 saturated carbocycles. The zero-order valence-electron chi connectivity index (χ0n) is 45.5. The first kappa shape index (κ1) is 65.1. The third kappa shape index (κ3) is 55.0. The summed E-state index contributed by atoms with van der Waals surface area (Å²) in [6.07, 6.45) is 64.9. The number of hydrogen-bond donors (Lipinski definition) is 0. The number of carbonyl (C=O) groups excluding carboxylic acids is 3. The van der Waals surface area contributed by atoms with E-state index in [9.17, 15) is 14.4 Å². The fourth-order valence-corrected chi connectivity index (χ4v) is 9.21. The molecule has 1 atom stereocenters. The molecule has 67 heavy (non-hydrogen) atoms. The van der Waals surface area contributed by atoms with Crippen LogP contribution in [0.15, 0.2) is 12.2 Å². The molecule has 0 bridgehead atoms. The van der Waals surface area contributed by atoms with Crippen LogP contribution in [0, 0.1) is 0 Å². The van der Waals surface area contributed by atoms with E-state index >= 15 is 0 Å². The van der Waals surface area contributed by atoms with Gasteiger partial charge in [-0.25, -0.2) is 0 Å². The Morgan fingerprint density at radius 1 is 0.284 bits per heavy atom. The van der Waals surface area contributed by atoms with Gasteiger partial charge in [-0.3, -0.25) is 14.4 Å². The third-order valence-electron chi connectivity index (χ3n) is 13.8. The topological polar surface area (TPSA) is 78.9 Å². The molecule has 0 aliphatic rings. The van der Waals surface area contributed by atoms with Crippen LogP contribution in [0.3, 0.4) is 0 Å². The molecular formula is C61H116O6. The number of unbranched alkanes of at least 4 members (excludes halogenated alkanes) is 43. The average Bonchev–Trinajstić information content (AvgIpc) is 3.33. The second kappa shape index (κ2) is 56.7. The maximum atomic E-state index is 12.9.